The third-order valence-electron chi connectivity index (χ3n) is 5.90. The Kier molecular flexibility index (Phi) is 4.34. The van der Waals surface area contributed by atoms with E-state index in [2.05, 4.69) is 39.3 Å². The van der Waals surface area contributed by atoms with Crippen LogP contribution in [0.15, 0.2) is 41.5 Å². The van der Waals surface area contributed by atoms with E-state index in [1.807, 2.05) is 24.0 Å². The Morgan fingerprint density at radius 1 is 1.29 bits per heavy atom. The topological polar surface area (TPSA) is 51.9 Å². The van der Waals surface area contributed by atoms with Crippen molar-refractivity contribution >= 4 is 11.9 Å². The van der Waals surface area contributed by atoms with Gasteiger partial charge in [0.1, 0.15) is 12.4 Å². The molecule has 0 radical (unpaired) electrons. The predicted molar refractivity (Wildman–Crippen MR) is 109 cm³/mol. The van der Waals surface area contributed by atoms with Crippen LogP contribution >= 0.6 is 0 Å². The van der Waals surface area contributed by atoms with E-state index in [-0.39, 0.29) is 0 Å². The maximum Gasteiger partial charge on any atom is 0.171 e. The Morgan fingerprint density at radius 3 is 2.93 bits per heavy atom. The normalized spacial score (nSPS) is 23.2. The lowest BCUT2D eigenvalue weighted by atomic mass is 9.97. The maximum atomic E-state index is 5.66. The van der Waals surface area contributed by atoms with Gasteiger partial charge in [-0.25, -0.2) is 4.98 Å². The number of imidazole rings is 1. The molecule has 0 spiro atoms. The minimum absolute atomic E-state index is 0.498. The van der Waals surface area contributed by atoms with Gasteiger partial charge in [-0.05, 0) is 67.9 Å². The summed E-state index contributed by atoms with van der Waals surface area (Å²) in [7, 11) is 1.71. The second-order valence-corrected chi connectivity index (χ2v) is 7.94. The lowest BCUT2D eigenvalue weighted by molar-refractivity contribution is 0.0492. The van der Waals surface area contributed by atoms with Gasteiger partial charge in [0.2, 0.25) is 0 Å². The fraction of sp³-hybridized carbons (Fsp3) is 0.455. The zero-order valence-electron chi connectivity index (χ0n) is 16.5. The molecule has 3 heterocycles. The number of hydrogen-bond acceptors (Lipinski definition) is 5. The first kappa shape index (κ1) is 17.3. The van der Waals surface area contributed by atoms with E-state index in [0.717, 1.165) is 60.4 Å². The number of benzene rings is 1. The van der Waals surface area contributed by atoms with Gasteiger partial charge in [0.05, 0.1) is 30.9 Å². The van der Waals surface area contributed by atoms with Crippen LogP contribution in [0.5, 0.6) is 5.75 Å². The molecule has 2 aromatic rings. The van der Waals surface area contributed by atoms with E-state index < -0.39 is 0 Å². The van der Waals surface area contributed by atoms with Crippen LogP contribution in [0, 0.1) is 12.8 Å². The molecule has 1 aromatic carbocycles. The Labute approximate surface area is 165 Å². The molecule has 1 atom stereocenters. The number of aromatic nitrogens is 2. The zero-order valence-corrected chi connectivity index (χ0v) is 16.5. The molecule has 1 aliphatic carbocycles. The van der Waals surface area contributed by atoms with Gasteiger partial charge in [0.15, 0.2) is 5.84 Å². The van der Waals surface area contributed by atoms with E-state index in [4.69, 9.17) is 9.57 Å². The molecule has 146 valence electrons. The minimum Gasteiger partial charge on any atom is -0.495 e. The number of nitrogens with zero attached hydrogens (tertiary/aromatic N) is 4. The van der Waals surface area contributed by atoms with Crippen molar-refractivity contribution < 1.29 is 9.57 Å². The van der Waals surface area contributed by atoms with Gasteiger partial charge in [-0.15, -0.1) is 0 Å². The Morgan fingerprint density at radius 2 is 2.18 bits per heavy atom. The van der Waals surface area contributed by atoms with Crippen molar-refractivity contribution in [3.8, 4) is 11.4 Å². The number of fused-ring (bicyclic) bond motifs is 1. The van der Waals surface area contributed by atoms with E-state index in [1.54, 1.807) is 7.11 Å². The van der Waals surface area contributed by atoms with Crippen molar-refractivity contribution in [3.63, 3.8) is 0 Å². The third-order valence-corrected chi connectivity index (χ3v) is 5.90. The summed E-state index contributed by atoms with van der Waals surface area (Å²) in [6, 6.07) is 6.79. The molecular formula is C22H26N4O2. The van der Waals surface area contributed by atoms with E-state index in [1.165, 1.54) is 18.4 Å². The molecule has 0 unspecified atom stereocenters. The van der Waals surface area contributed by atoms with Crippen molar-refractivity contribution in [1.82, 2.24) is 14.5 Å². The number of hydrogen-bond donors (Lipinski definition) is 0. The number of ether oxygens (including phenoxy) is 1. The van der Waals surface area contributed by atoms with E-state index in [9.17, 15) is 0 Å². The molecule has 2 aliphatic heterocycles. The SMILES string of the molecule is COc1cc(/C=C2\CCCN3C2=NOC[C@@H]3C2CC2)ccc1-n1cnc(C)c1. The summed E-state index contributed by atoms with van der Waals surface area (Å²) in [5.41, 5.74) is 4.34. The minimum atomic E-state index is 0.498. The highest BCUT2D eigenvalue weighted by atomic mass is 16.6. The predicted octanol–water partition coefficient (Wildman–Crippen LogP) is 3.79. The molecule has 0 bridgehead atoms. The second kappa shape index (κ2) is 7.00. The molecule has 1 aromatic heterocycles. The van der Waals surface area contributed by atoms with Crippen molar-refractivity contribution in [1.29, 1.82) is 0 Å². The Bertz CT molecular complexity index is 942. The summed E-state index contributed by atoms with van der Waals surface area (Å²) in [4.78, 5) is 12.4. The van der Waals surface area contributed by atoms with Crippen LogP contribution in [0.1, 0.15) is 36.9 Å². The summed E-state index contributed by atoms with van der Waals surface area (Å²) in [5, 5.41) is 4.43. The van der Waals surface area contributed by atoms with Crippen LogP contribution in [0.4, 0.5) is 0 Å². The number of methoxy groups -OCH3 is 1. The molecule has 3 aliphatic rings. The fourth-order valence-electron chi connectivity index (χ4n) is 4.30. The lowest BCUT2D eigenvalue weighted by Gasteiger charge is -2.40. The molecule has 28 heavy (non-hydrogen) atoms. The monoisotopic (exact) mass is 378 g/mol. The number of aryl methyl sites for hydroxylation is 1. The molecule has 2 fully saturated rings. The smallest absolute Gasteiger partial charge is 0.171 e. The van der Waals surface area contributed by atoms with Crippen LogP contribution in [0.3, 0.4) is 0 Å². The van der Waals surface area contributed by atoms with Gasteiger partial charge in [0, 0.05) is 12.7 Å². The van der Waals surface area contributed by atoms with Crippen LogP contribution < -0.4 is 4.74 Å². The molecule has 1 saturated carbocycles. The summed E-state index contributed by atoms with van der Waals surface area (Å²) >= 11 is 0. The second-order valence-electron chi connectivity index (χ2n) is 7.94. The molecule has 6 heteroatoms. The standard InChI is InChI=1S/C22H26N4O2/c1-15-12-25(14-23-15)19-8-5-16(11-21(19)27-2)10-18-4-3-9-26-20(17-6-7-17)13-28-24-22(18)26/h5,8,10-12,14,17,20H,3-4,6-7,9,13H2,1-2H3/b18-10+/t20-/m1/s1. The number of piperidine rings is 1. The number of amidine groups is 1. The first-order valence-electron chi connectivity index (χ1n) is 10.1. The van der Waals surface area contributed by atoms with Gasteiger partial charge in [-0.3, -0.25) is 0 Å². The summed E-state index contributed by atoms with van der Waals surface area (Å²) in [5.74, 6) is 2.64. The van der Waals surface area contributed by atoms with E-state index in [0.29, 0.717) is 6.04 Å². The summed E-state index contributed by atoms with van der Waals surface area (Å²) in [6.07, 6.45) is 10.9. The Balaban J connectivity index is 1.46. The third kappa shape index (κ3) is 3.17. The average Bonchev–Trinajstić information content (AvgIpc) is 3.48. The average molecular weight is 378 g/mol. The van der Waals surface area contributed by atoms with Gasteiger partial charge in [0.25, 0.3) is 0 Å². The first-order valence-corrected chi connectivity index (χ1v) is 10.1. The van der Waals surface area contributed by atoms with E-state index >= 15 is 0 Å². The molecule has 0 N–H and O–H groups in total. The van der Waals surface area contributed by atoms with Crippen molar-refractivity contribution in [2.75, 3.05) is 20.3 Å². The largest absolute Gasteiger partial charge is 0.495 e. The molecular weight excluding hydrogens is 352 g/mol. The quantitative estimate of drug-likeness (QED) is 0.812. The van der Waals surface area contributed by atoms with Gasteiger partial charge in [-0.1, -0.05) is 11.2 Å². The number of rotatable bonds is 4. The van der Waals surface area contributed by atoms with Crippen molar-refractivity contribution in [3.05, 3.63) is 47.6 Å². The molecule has 6 nitrogen and oxygen atoms in total. The number of oxime groups is 1. The molecule has 1 saturated heterocycles. The highest BCUT2D eigenvalue weighted by Gasteiger charge is 2.41. The maximum absolute atomic E-state index is 5.66. The van der Waals surface area contributed by atoms with Crippen molar-refractivity contribution in [2.24, 2.45) is 11.1 Å². The molecule has 0 amide bonds. The van der Waals surface area contributed by atoms with Gasteiger partial charge >= 0.3 is 0 Å². The summed E-state index contributed by atoms with van der Waals surface area (Å²) in [6.45, 7) is 3.80. The first-order chi connectivity index (χ1) is 13.7. The lowest BCUT2D eigenvalue weighted by Crippen LogP contribution is -2.50. The highest BCUT2D eigenvalue weighted by Crippen LogP contribution is 2.39. The van der Waals surface area contributed by atoms with Crippen LogP contribution in [0.25, 0.3) is 11.8 Å². The Hall–Kier alpha value is -2.76. The zero-order chi connectivity index (χ0) is 19.1. The van der Waals surface area contributed by atoms with Gasteiger partial charge in [-0.2, -0.15) is 0 Å². The fourth-order valence-corrected chi connectivity index (χ4v) is 4.30. The summed E-state index contributed by atoms with van der Waals surface area (Å²) < 4.78 is 7.65. The van der Waals surface area contributed by atoms with Crippen LogP contribution in [0.2, 0.25) is 0 Å². The highest BCUT2D eigenvalue weighted by molar-refractivity contribution is 6.02. The van der Waals surface area contributed by atoms with Crippen LogP contribution in [-0.4, -0.2) is 46.6 Å². The molecule has 5 rings (SSSR count). The van der Waals surface area contributed by atoms with Gasteiger partial charge < -0.3 is 19.0 Å². The van der Waals surface area contributed by atoms with Crippen molar-refractivity contribution in [2.45, 2.75) is 38.6 Å². The van der Waals surface area contributed by atoms with Crippen LogP contribution in [-0.2, 0) is 4.84 Å².